The maximum Gasteiger partial charge on any atom is 0.237 e. The Morgan fingerprint density at radius 2 is 2.05 bits per heavy atom. The molecule has 2 rings (SSSR count). The van der Waals surface area contributed by atoms with Crippen LogP contribution in [0.25, 0.3) is 0 Å². The van der Waals surface area contributed by atoms with Gasteiger partial charge in [0.2, 0.25) is 5.88 Å². The molecule has 0 amide bonds. The van der Waals surface area contributed by atoms with Crippen LogP contribution in [-0.2, 0) is 6.54 Å². The summed E-state index contributed by atoms with van der Waals surface area (Å²) < 4.78 is 5.66. The number of hydrogen-bond donors (Lipinski definition) is 1. The summed E-state index contributed by atoms with van der Waals surface area (Å²) in [6.45, 7) is 6.66. The quantitative estimate of drug-likeness (QED) is 0.893. The van der Waals surface area contributed by atoms with Crippen LogP contribution in [-0.4, -0.2) is 16.1 Å². The van der Waals surface area contributed by atoms with Gasteiger partial charge in [-0.2, -0.15) is 0 Å². The fourth-order valence-electron chi connectivity index (χ4n) is 1.64. The molecule has 0 spiro atoms. The van der Waals surface area contributed by atoms with Crippen molar-refractivity contribution in [2.24, 2.45) is 0 Å². The highest BCUT2D eigenvalue weighted by Gasteiger charge is 2.06. The van der Waals surface area contributed by atoms with Gasteiger partial charge in [0.1, 0.15) is 0 Å². The average molecular weight is 257 g/mol. The van der Waals surface area contributed by atoms with Crippen molar-refractivity contribution in [3.05, 3.63) is 47.9 Å². The zero-order valence-electron chi connectivity index (χ0n) is 11.6. The zero-order valence-corrected chi connectivity index (χ0v) is 11.6. The fraction of sp³-hybridized carbons (Fsp3) is 0.333. The summed E-state index contributed by atoms with van der Waals surface area (Å²) in [5, 5.41) is 3.33. The molecule has 0 aliphatic carbocycles. The minimum absolute atomic E-state index is 0.108. The van der Waals surface area contributed by atoms with Crippen LogP contribution in [0.15, 0.2) is 36.7 Å². The van der Waals surface area contributed by atoms with Gasteiger partial charge in [-0.05, 0) is 44.5 Å². The Morgan fingerprint density at radius 3 is 2.74 bits per heavy atom. The van der Waals surface area contributed by atoms with Gasteiger partial charge in [0, 0.05) is 24.6 Å². The Morgan fingerprint density at radius 1 is 1.21 bits per heavy atom. The summed E-state index contributed by atoms with van der Waals surface area (Å²) >= 11 is 0. The van der Waals surface area contributed by atoms with Crippen LogP contribution in [0, 0.1) is 6.92 Å². The lowest BCUT2D eigenvalue weighted by Gasteiger charge is -2.14. The second-order valence-corrected chi connectivity index (χ2v) is 4.68. The lowest BCUT2D eigenvalue weighted by Crippen LogP contribution is -2.10. The van der Waals surface area contributed by atoms with E-state index in [1.54, 1.807) is 6.20 Å². The SMILES string of the molecule is Cc1ccc(CNc2cccnc2OC(C)C)cn1. The van der Waals surface area contributed by atoms with E-state index in [1.165, 1.54) is 0 Å². The van der Waals surface area contributed by atoms with Gasteiger partial charge in [-0.1, -0.05) is 6.07 Å². The summed E-state index contributed by atoms with van der Waals surface area (Å²) in [5.74, 6) is 0.637. The third-order valence-corrected chi connectivity index (χ3v) is 2.57. The van der Waals surface area contributed by atoms with E-state index in [4.69, 9.17) is 4.74 Å². The van der Waals surface area contributed by atoms with Crippen LogP contribution < -0.4 is 10.1 Å². The van der Waals surface area contributed by atoms with Crippen molar-refractivity contribution in [3.8, 4) is 5.88 Å². The summed E-state index contributed by atoms with van der Waals surface area (Å²) in [4.78, 5) is 8.52. The van der Waals surface area contributed by atoms with Gasteiger partial charge in [0.15, 0.2) is 0 Å². The van der Waals surface area contributed by atoms with Crippen LogP contribution in [0.2, 0.25) is 0 Å². The molecule has 2 heterocycles. The molecule has 0 saturated heterocycles. The number of anilines is 1. The lowest BCUT2D eigenvalue weighted by molar-refractivity contribution is 0.234. The molecule has 19 heavy (non-hydrogen) atoms. The number of hydrogen-bond acceptors (Lipinski definition) is 4. The first-order valence-electron chi connectivity index (χ1n) is 6.42. The fourth-order valence-corrected chi connectivity index (χ4v) is 1.64. The molecule has 0 aliphatic rings. The molecule has 0 aromatic carbocycles. The number of aromatic nitrogens is 2. The van der Waals surface area contributed by atoms with Crippen molar-refractivity contribution < 1.29 is 4.74 Å². The molecule has 4 nitrogen and oxygen atoms in total. The van der Waals surface area contributed by atoms with Gasteiger partial charge >= 0.3 is 0 Å². The van der Waals surface area contributed by atoms with E-state index < -0.39 is 0 Å². The zero-order chi connectivity index (χ0) is 13.7. The smallest absolute Gasteiger partial charge is 0.237 e. The summed E-state index contributed by atoms with van der Waals surface area (Å²) in [6, 6.07) is 7.93. The van der Waals surface area contributed by atoms with Crippen molar-refractivity contribution in [2.45, 2.75) is 33.4 Å². The normalized spacial score (nSPS) is 10.5. The van der Waals surface area contributed by atoms with E-state index in [2.05, 4.69) is 21.4 Å². The highest BCUT2D eigenvalue weighted by molar-refractivity contribution is 5.52. The van der Waals surface area contributed by atoms with Gasteiger partial charge in [-0.25, -0.2) is 4.98 Å². The standard InChI is InChI=1S/C15H19N3O/c1-11(2)19-15-14(5-4-8-16-15)18-10-13-7-6-12(3)17-9-13/h4-9,11,18H,10H2,1-3H3. The summed E-state index contributed by atoms with van der Waals surface area (Å²) in [6.07, 6.45) is 3.72. The van der Waals surface area contributed by atoms with Crippen molar-refractivity contribution in [3.63, 3.8) is 0 Å². The molecule has 2 aromatic heterocycles. The molecule has 1 N–H and O–H groups in total. The Labute approximate surface area is 113 Å². The van der Waals surface area contributed by atoms with Gasteiger partial charge in [-0.3, -0.25) is 4.98 Å². The third kappa shape index (κ3) is 3.95. The number of nitrogens with one attached hydrogen (secondary N) is 1. The van der Waals surface area contributed by atoms with Crippen molar-refractivity contribution in [2.75, 3.05) is 5.32 Å². The highest BCUT2D eigenvalue weighted by atomic mass is 16.5. The minimum Gasteiger partial charge on any atom is -0.473 e. The third-order valence-electron chi connectivity index (χ3n) is 2.57. The molecular weight excluding hydrogens is 238 g/mol. The molecular formula is C15H19N3O. The Bertz CT molecular complexity index is 523. The number of nitrogens with zero attached hydrogens (tertiary/aromatic N) is 2. The largest absolute Gasteiger partial charge is 0.473 e. The molecule has 0 atom stereocenters. The van der Waals surface area contributed by atoms with Gasteiger partial charge in [-0.15, -0.1) is 0 Å². The Kier molecular flexibility index (Phi) is 4.34. The predicted molar refractivity (Wildman–Crippen MR) is 76.3 cm³/mol. The van der Waals surface area contributed by atoms with E-state index in [0.717, 1.165) is 16.9 Å². The first kappa shape index (κ1) is 13.3. The maximum absolute atomic E-state index is 5.66. The molecule has 0 bridgehead atoms. The first-order valence-corrected chi connectivity index (χ1v) is 6.42. The van der Waals surface area contributed by atoms with Crippen LogP contribution >= 0.6 is 0 Å². The second-order valence-electron chi connectivity index (χ2n) is 4.68. The topological polar surface area (TPSA) is 47.0 Å². The lowest BCUT2D eigenvalue weighted by atomic mass is 10.2. The van der Waals surface area contributed by atoms with Gasteiger partial charge < -0.3 is 10.1 Å². The highest BCUT2D eigenvalue weighted by Crippen LogP contribution is 2.22. The molecule has 0 saturated carbocycles. The van der Waals surface area contributed by atoms with E-state index in [-0.39, 0.29) is 6.10 Å². The van der Waals surface area contributed by atoms with Crippen LogP contribution in [0.3, 0.4) is 0 Å². The number of pyridine rings is 2. The molecule has 0 aliphatic heterocycles. The average Bonchev–Trinajstić information content (AvgIpc) is 2.39. The summed E-state index contributed by atoms with van der Waals surface area (Å²) in [7, 11) is 0. The van der Waals surface area contributed by atoms with Crippen LogP contribution in [0.1, 0.15) is 25.1 Å². The maximum atomic E-state index is 5.66. The van der Waals surface area contributed by atoms with Crippen molar-refractivity contribution in [1.82, 2.24) is 9.97 Å². The second kappa shape index (κ2) is 6.18. The van der Waals surface area contributed by atoms with E-state index >= 15 is 0 Å². The Balaban J connectivity index is 2.04. The molecule has 0 unspecified atom stereocenters. The monoisotopic (exact) mass is 257 g/mol. The molecule has 2 aromatic rings. The minimum atomic E-state index is 0.108. The van der Waals surface area contributed by atoms with Crippen LogP contribution in [0.5, 0.6) is 5.88 Å². The van der Waals surface area contributed by atoms with Crippen molar-refractivity contribution >= 4 is 5.69 Å². The van der Waals surface area contributed by atoms with Crippen molar-refractivity contribution in [1.29, 1.82) is 0 Å². The molecule has 0 fully saturated rings. The number of ether oxygens (including phenoxy) is 1. The number of rotatable bonds is 5. The number of aryl methyl sites for hydroxylation is 1. The molecule has 0 radical (unpaired) electrons. The Hall–Kier alpha value is -2.10. The van der Waals surface area contributed by atoms with E-state index in [9.17, 15) is 0 Å². The van der Waals surface area contributed by atoms with Gasteiger partial charge in [0.25, 0.3) is 0 Å². The molecule has 100 valence electrons. The molecule has 4 heteroatoms. The summed E-state index contributed by atoms with van der Waals surface area (Å²) in [5.41, 5.74) is 3.05. The first-order chi connectivity index (χ1) is 9.15. The van der Waals surface area contributed by atoms with E-state index in [0.29, 0.717) is 12.4 Å². The predicted octanol–water partition coefficient (Wildman–Crippen LogP) is 3.18. The van der Waals surface area contributed by atoms with Crippen LogP contribution in [0.4, 0.5) is 5.69 Å². The van der Waals surface area contributed by atoms with E-state index in [1.807, 2.05) is 45.2 Å². The van der Waals surface area contributed by atoms with Gasteiger partial charge in [0.05, 0.1) is 11.8 Å².